The quantitative estimate of drug-likeness (QED) is 0.421. The van der Waals surface area contributed by atoms with Gasteiger partial charge in [0, 0.05) is 16.7 Å². The lowest BCUT2D eigenvalue weighted by atomic mass is 10.1. The van der Waals surface area contributed by atoms with Crippen LogP contribution in [0.5, 0.6) is 5.75 Å². The molecular formula is C23H16F3N3O3. The Morgan fingerprint density at radius 3 is 2.28 bits per heavy atom. The fourth-order valence-corrected chi connectivity index (χ4v) is 2.98. The van der Waals surface area contributed by atoms with Gasteiger partial charge in [-0.3, -0.25) is 4.79 Å². The van der Waals surface area contributed by atoms with Crippen LogP contribution in [0, 0.1) is 6.92 Å². The molecule has 9 heteroatoms. The minimum Gasteiger partial charge on any atom is -0.416 e. The molecule has 0 aliphatic carbocycles. The van der Waals surface area contributed by atoms with Gasteiger partial charge in [-0.25, -0.2) is 0 Å². The highest BCUT2D eigenvalue weighted by atomic mass is 19.4. The van der Waals surface area contributed by atoms with Gasteiger partial charge < -0.3 is 14.5 Å². The maximum absolute atomic E-state index is 12.6. The molecule has 0 radical (unpaired) electrons. The van der Waals surface area contributed by atoms with Gasteiger partial charge in [0.05, 0.1) is 5.69 Å². The van der Waals surface area contributed by atoms with E-state index in [2.05, 4.69) is 20.3 Å². The molecule has 0 unspecified atom stereocenters. The standard InChI is InChI=1S/C23H16F3N3O3/c1-14-5-4-6-17(13-14)22-29-28-21(31-22)16-11-9-15(10-12-16)20(30)27-18-7-2-3-8-19(18)32-23(24,25)26/h2-13H,1H3,(H,27,30). The number of nitrogens with zero attached hydrogens (tertiary/aromatic N) is 2. The summed E-state index contributed by atoms with van der Waals surface area (Å²) in [4.78, 5) is 12.5. The molecule has 0 aliphatic heterocycles. The normalized spacial score (nSPS) is 11.2. The molecule has 0 saturated carbocycles. The van der Waals surface area contributed by atoms with Crippen molar-refractivity contribution in [1.82, 2.24) is 10.2 Å². The third-order valence-corrected chi connectivity index (χ3v) is 4.45. The van der Waals surface area contributed by atoms with Crippen molar-refractivity contribution in [3.8, 4) is 28.7 Å². The number of rotatable bonds is 5. The zero-order valence-electron chi connectivity index (χ0n) is 16.7. The highest BCUT2D eigenvalue weighted by Crippen LogP contribution is 2.30. The number of aromatic nitrogens is 2. The van der Waals surface area contributed by atoms with E-state index in [9.17, 15) is 18.0 Å². The Morgan fingerprint density at radius 2 is 1.59 bits per heavy atom. The minimum absolute atomic E-state index is 0.0985. The summed E-state index contributed by atoms with van der Waals surface area (Å²) in [5.74, 6) is -0.454. The molecule has 0 spiro atoms. The molecule has 4 rings (SSSR count). The van der Waals surface area contributed by atoms with Crippen molar-refractivity contribution < 1.29 is 27.1 Å². The number of ether oxygens (including phenoxy) is 1. The van der Waals surface area contributed by atoms with Crippen LogP contribution in [-0.2, 0) is 0 Å². The third kappa shape index (κ3) is 4.94. The first-order valence-corrected chi connectivity index (χ1v) is 9.45. The highest BCUT2D eigenvalue weighted by molar-refractivity contribution is 6.05. The Balaban J connectivity index is 1.50. The molecule has 0 bridgehead atoms. The van der Waals surface area contributed by atoms with Crippen LogP contribution >= 0.6 is 0 Å². The monoisotopic (exact) mass is 439 g/mol. The number of anilines is 1. The number of carbonyl (C=O) groups is 1. The van der Waals surface area contributed by atoms with E-state index < -0.39 is 18.0 Å². The number of carbonyl (C=O) groups excluding carboxylic acids is 1. The van der Waals surface area contributed by atoms with E-state index in [4.69, 9.17) is 4.42 Å². The van der Waals surface area contributed by atoms with Gasteiger partial charge >= 0.3 is 6.36 Å². The molecule has 1 heterocycles. The maximum Gasteiger partial charge on any atom is 0.573 e. The number of aryl methyl sites for hydroxylation is 1. The zero-order chi connectivity index (χ0) is 22.7. The van der Waals surface area contributed by atoms with Gasteiger partial charge in [-0.05, 0) is 55.5 Å². The molecule has 162 valence electrons. The predicted molar refractivity (Wildman–Crippen MR) is 111 cm³/mol. The second kappa shape index (κ2) is 8.54. The minimum atomic E-state index is -4.87. The average molecular weight is 439 g/mol. The molecule has 4 aromatic rings. The van der Waals surface area contributed by atoms with Crippen LogP contribution in [0.2, 0.25) is 0 Å². The van der Waals surface area contributed by atoms with Crippen molar-refractivity contribution in [2.75, 3.05) is 5.32 Å². The Hall–Kier alpha value is -4.14. The van der Waals surface area contributed by atoms with E-state index >= 15 is 0 Å². The second-order valence-corrected chi connectivity index (χ2v) is 6.86. The molecule has 0 fully saturated rings. The van der Waals surface area contributed by atoms with Crippen molar-refractivity contribution >= 4 is 11.6 Å². The number of alkyl halides is 3. The molecule has 32 heavy (non-hydrogen) atoms. The summed E-state index contributed by atoms with van der Waals surface area (Å²) in [5.41, 5.74) is 2.57. The summed E-state index contributed by atoms with van der Waals surface area (Å²) in [7, 11) is 0. The van der Waals surface area contributed by atoms with Crippen LogP contribution in [-0.4, -0.2) is 22.5 Å². The van der Waals surface area contributed by atoms with Gasteiger partial charge in [0.1, 0.15) is 0 Å². The van der Waals surface area contributed by atoms with Gasteiger partial charge in [0.25, 0.3) is 5.91 Å². The molecule has 6 nitrogen and oxygen atoms in total. The van der Waals surface area contributed by atoms with Crippen molar-refractivity contribution in [2.24, 2.45) is 0 Å². The van der Waals surface area contributed by atoms with E-state index in [-0.39, 0.29) is 17.1 Å². The van der Waals surface area contributed by atoms with Crippen LogP contribution < -0.4 is 10.1 Å². The number of para-hydroxylation sites is 2. The Labute approximate surface area is 180 Å². The summed E-state index contributed by atoms with van der Waals surface area (Å²) in [6.45, 7) is 1.96. The average Bonchev–Trinajstić information content (AvgIpc) is 3.25. The molecule has 1 N–H and O–H groups in total. The topological polar surface area (TPSA) is 77.2 Å². The highest BCUT2D eigenvalue weighted by Gasteiger charge is 2.32. The first-order chi connectivity index (χ1) is 15.3. The summed E-state index contributed by atoms with van der Waals surface area (Å²) in [5, 5.41) is 10.5. The fourth-order valence-electron chi connectivity index (χ4n) is 2.98. The lowest BCUT2D eigenvalue weighted by Crippen LogP contribution is -2.19. The van der Waals surface area contributed by atoms with Gasteiger partial charge in [-0.2, -0.15) is 0 Å². The van der Waals surface area contributed by atoms with Crippen LogP contribution in [0.15, 0.2) is 77.2 Å². The Kier molecular flexibility index (Phi) is 5.63. The number of hydrogen-bond donors (Lipinski definition) is 1. The number of nitrogens with one attached hydrogen (secondary N) is 1. The van der Waals surface area contributed by atoms with Crippen molar-refractivity contribution in [1.29, 1.82) is 0 Å². The first kappa shape index (κ1) is 21.1. The van der Waals surface area contributed by atoms with E-state index in [0.29, 0.717) is 11.5 Å². The van der Waals surface area contributed by atoms with Crippen LogP contribution in [0.25, 0.3) is 22.9 Å². The maximum atomic E-state index is 12.6. The SMILES string of the molecule is Cc1cccc(-c2nnc(-c3ccc(C(=O)Nc4ccccc4OC(F)(F)F)cc3)o2)c1. The molecule has 1 aromatic heterocycles. The summed E-state index contributed by atoms with van der Waals surface area (Å²) in [6.07, 6.45) is -4.87. The van der Waals surface area contributed by atoms with Gasteiger partial charge in [0.2, 0.25) is 11.8 Å². The third-order valence-electron chi connectivity index (χ3n) is 4.45. The van der Waals surface area contributed by atoms with Crippen LogP contribution in [0.4, 0.5) is 18.9 Å². The van der Waals surface area contributed by atoms with Crippen molar-refractivity contribution in [3.63, 3.8) is 0 Å². The summed E-state index contributed by atoms with van der Waals surface area (Å²) in [6, 6.07) is 19.2. The molecule has 0 aliphatic rings. The van der Waals surface area contributed by atoms with Crippen LogP contribution in [0.1, 0.15) is 15.9 Å². The Morgan fingerprint density at radius 1 is 0.906 bits per heavy atom. The fraction of sp³-hybridized carbons (Fsp3) is 0.0870. The van der Waals surface area contributed by atoms with Gasteiger partial charge in [-0.15, -0.1) is 23.4 Å². The van der Waals surface area contributed by atoms with E-state index in [1.807, 2.05) is 31.2 Å². The summed E-state index contributed by atoms with van der Waals surface area (Å²) < 4.78 is 47.4. The van der Waals surface area contributed by atoms with Gasteiger partial charge in [0.15, 0.2) is 5.75 Å². The van der Waals surface area contributed by atoms with E-state index in [1.54, 1.807) is 12.1 Å². The Bertz CT molecular complexity index is 1250. The molecule has 1 amide bonds. The largest absolute Gasteiger partial charge is 0.573 e. The summed E-state index contributed by atoms with van der Waals surface area (Å²) >= 11 is 0. The molecular weight excluding hydrogens is 423 g/mol. The van der Waals surface area contributed by atoms with Crippen LogP contribution in [0.3, 0.4) is 0 Å². The molecule has 0 saturated heterocycles. The number of hydrogen-bond acceptors (Lipinski definition) is 5. The number of benzene rings is 3. The van der Waals surface area contributed by atoms with E-state index in [1.165, 1.54) is 30.3 Å². The van der Waals surface area contributed by atoms with Gasteiger partial charge in [-0.1, -0.05) is 29.8 Å². The van der Waals surface area contributed by atoms with Crippen molar-refractivity contribution in [3.05, 3.63) is 83.9 Å². The number of halogens is 3. The second-order valence-electron chi connectivity index (χ2n) is 6.86. The van der Waals surface area contributed by atoms with Crippen molar-refractivity contribution in [2.45, 2.75) is 13.3 Å². The smallest absolute Gasteiger partial charge is 0.416 e. The lowest BCUT2D eigenvalue weighted by Gasteiger charge is -2.13. The van der Waals surface area contributed by atoms with E-state index in [0.717, 1.165) is 17.2 Å². The molecule has 3 aromatic carbocycles. The first-order valence-electron chi connectivity index (χ1n) is 9.45. The lowest BCUT2D eigenvalue weighted by molar-refractivity contribution is -0.274. The molecule has 0 atom stereocenters. The zero-order valence-corrected chi connectivity index (χ0v) is 16.7. The number of amides is 1. The predicted octanol–water partition coefficient (Wildman–Crippen LogP) is 5.86.